The highest BCUT2D eigenvalue weighted by Crippen LogP contribution is 2.30. The Bertz CT molecular complexity index is 321. The zero-order valence-electron chi connectivity index (χ0n) is 8.68. The predicted octanol–water partition coefficient (Wildman–Crippen LogP) is 0.996. The summed E-state index contributed by atoms with van der Waals surface area (Å²) in [4.78, 5) is 10.6. The molecule has 0 aromatic carbocycles. The van der Waals surface area contributed by atoms with Crippen LogP contribution in [0.15, 0.2) is 0 Å². The molecule has 2 atom stereocenters. The van der Waals surface area contributed by atoms with Gasteiger partial charge < -0.3 is 5.11 Å². The Labute approximate surface area is 89.6 Å². The van der Waals surface area contributed by atoms with Gasteiger partial charge in [-0.15, -0.1) is 0 Å². The molecule has 1 fully saturated rings. The zero-order chi connectivity index (χ0) is 11.5. The van der Waals surface area contributed by atoms with Crippen molar-refractivity contribution in [2.24, 2.45) is 5.92 Å². The molecule has 5 nitrogen and oxygen atoms in total. The first-order chi connectivity index (χ1) is 6.88. The van der Waals surface area contributed by atoms with E-state index in [1.807, 2.05) is 0 Å². The van der Waals surface area contributed by atoms with E-state index in [0.717, 1.165) is 25.5 Å². The van der Waals surface area contributed by atoms with E-state index >= 15 is 0 Å². The topological polar surface area (TPSA) is 80.7 Å². The molecule has 1 aliphatic rings. The minimum Gasteiger partial charge on any atom is -0.481 e. The maximum absolute atomic E-state index is 11.0. The standard InChI is InChI=1S/C9H16O5S/c1-15(12,13)14-8-5-3-2-4-7(8)6-9(10)11/h7-8H,2-6H2,1H3,(H,10,11). The van der Waals surface area contributed by atoms with E-state index in [1.165, 1.54) is 0 Å². The fourth-order valence-corrected chi connectivity index (χ4v) is 2.69. The van der Waals surface area contributed by atoms with E-state index < -0.39 is 22.2 Å². The molecular formula is C9H16O5S. The van der Waals surface area contributed by atoms with Crippen molar-refractivity contribution < 1.29 is 22.5 Å². The van der Waals surface area contributed by atoms with Gasteiger partial charge in [-0.05, 0) is 18.8 Å². The summed E-state index contributed by atoms with van der Waals surface area (Å²) in [5.74, 6) is -1.07. The van der Waals surface area contributed by atoms with Crippen LogP contribution >= 0.6 is 0 Å². The second-order valence-corrected chi connectivity index (χ2v) is 5.58. The van der Waals surface area contributed by atoms with Gasteiger partial charge in [0.2, 0.25) is 0 Å². The molecule has 0 aliphatic heterocycles. The zero-order valence-corrected chi connectivity index (χ0v) is 9.50. The highest BCUT2D eigenvalue weighted by molar-refractivity contribution is 7.86. The molecule has 0 saturated heterocycles. The van der Waals surface area contributed by atoms with Gasteiger partial charge in [-0.2, -0.15) is 8.42 Å². The van der Waals surface area contributed by atoms with Crippen molar-refractivity contribution in [3.8, 4) is 0 Å². The molecule has 15 heavy (non-hydrogen) atoms. The summed E-state index contributed by atoms with van der Waals surface area (Å²) in [6.45, 7) is 0. The smallest absolute Gasteiger partial charge is 0.303 e. The second kappa shape index (κ2) is 4.94. The molecular weight excluding hydrogens is 220 g/mol. The van der Waals surface area contributed by atoms with Crippen LogP contribution in [0.3, 0.4) is 0 Å². The molecule has 0 aromatic rings. The third kappa shape index (κ3) is 4.61. The molecule has 6 heteroatoms. The fraction of sp³-hybridized carbons (Fsp3) is 0.889. The molecule has 0 heterocycles. The van der Waals surface area contributed by atoms with Gasteiger partial charge in [-0.1, -0.05) is 12.8 Å². The van der Waals surface area contributed by atoms with Crippen molar-refractivity contribution in [3.63, 3.8) is 0 Å². The number of carboxylic acid groups (broad SMARTS) is 1. The van der Waals surface area contributed by atoms with Gasteiger partial charge in [0.1, 0.15) is 0 Å². The summed E-state index contributed by atoms with van der Waals surface area (Å²) in [5, 5.41) is 8.68. The third-order valence-corrected chi connectivity index (χ3v) is 3.17. The third-order valence-electron chi connectivity index (χ3n) is 2.57. The Hall–Kier alpha value is -0.620. The van der Waals surface area contributed by atoms with E-state index in [2.05, 4.69) is 0 Å². The molecule has 1 rings (SSSR count). The highest BCUT2D eigenvalue weighted by atomic mass is 32.2. The number of carbonyl (C=O) groups is 1. The van der Waals surface area contributed by atoms with Crippen molar-refractivity contribution in [1.82, 2.24) is 0 Å². The van der Waals surface area contributed by atoms with Crippen LogP contribution in [0, 0.1) is 5.92 Å². The van der Waals surface area contributed by atoms with Gasteiger partial charge in [0.05, 0.1) is 18.8 Å². The van der Waals surface area contributed by atoms with E-state index in [4.69, 9.17) is 9.29 Å². The van der Waals surface area contributed by atoms with Crippen LogP contribution in [0.4, 0.5) is 0 Å². The molecule has 0 aromatic heterocycles. The SMILES string of the molecule is CS(=O)(=O)OC1CCCCC1CC(=O)O. The summed E-state index contributed by atoms with van der Waals surface area (Å²) < 4.78 is 26.8. The Balaban J connectivity index is 2.61. The highest BCUT2D eigenvalue weighted by Gasteiger charge is 2.30. The fourth-order valence-electron chi connectivity index (χ4n) is 1.98. The van der Waals surface area contributed by atoms with Crippen LogP contribution < -0.4 is 0 Å². The first-order valence-corrected chi connectivity index (χ1v) is 6.80. The lowest BCUT2D eigenvalue weighted by Crippen LogP contribution is -2.31. The van der Waals surface area contributed by atoms with E-state index in [-0.39, 0.29) is 12.3 Å². The molecule has 0 amide bonds. The largest absolute Gasteiger partial charge is 0.481 e. The predicted molar refractivity (Wildman–Crippen MR) is 53.9 cm³/mol. The maximum Gasteiger partial charge on any atom is 0.303 e. The van der Waals surface area contributed by atoms with E-state index in [1.54, 1.807) is 0 Å². The van der Waals surface area contributed by atoms with Crippen molar-refractivity contribution in [2.45, 2.75) is 38.2 Å². The van der Waals surface area contributed by atoms with E-state index in [0.29, 0.717) is 6.42 Å². The molecule has 0 spiro atoms. The average molecular weight is 236 g/mol. The number of rotatable bonds is 4. The monoisotopic (exact) mass is 236 g/mol. The van der Waals surface area contributed by atoms with Crippen molar-refractivity contribution in [3.05, 3.63) is 0 Å². The number of aliphatic carboxylic acids is 1. The number of hydrogen-bond donors (Lipinski definition) is 1. The summed E-state index contributed by atoms with van der Waals surface area (Å²) in [5.41, 5.74) is 0. The van der Waals surface area contributed by atoms with Crippen LogP contribution in [0.5, 0.6) is 0 Å². The lowest BCUT2D eigenvalue weighted by Gasteiger charge is -2.29. The van der Waals surface area contributed by atoms with Crippen LogP contribution in [0.1, 0.15) is 32.1 Å². The quantitative estimate of drug-likeness (QED) is 0.736. The molecule has 1 saturated carbocycles. The van der Waals surface area contributed by atoms with Gasteiger partial charge >= 0.3 is 5.97 Å². The summed E-state index contributed by atoms with van der Waals surface area (Å²) in [6.07, 6.45) is 3.74. The van der Waals surface area contributed by atoms with E-state index in [9.17, 15) is 13.2 Å². The Kier molecular flexibility index (Phi) is 4.10. The minimum absolute atomic E-state index is 0.0137. The summed E-state index contributed by atoms with van der Waals surface area (Å²) in [6, 6.07) is 0. The Morgan fingerprint density at radius 3 is 2.53 bits per heavy atom. The summed E-state index contributed by atoms with van der Waals surface area (Å²) >= 11 is 0. The van der Waals surface area contributed by atoms with Crippen molar-refractivity contribution >= 4 is 16.1 Å². The summed E-state index contributed by atoms with van der Waals surface area (Å²) in [7, 11) is -3.49. The van der Waals surface area contributed by atoms with Gasteiger partial charge in [0.15, 0.2) is 0 Å². The van der Waals surface area contributed by atoms with Gasteiger partial charge in [-0.25, -0.2) is 0 Å². The molecule has 88 valence electrons. The Morgan fingerprint density at radius 2 is 2.00 bits per heavy atom. The van der Waals surface area contributed by atoms with Crippen LogP contribution in [0.2, 0.25) is 0 Å². The van der Waals surface area contributed by atoms with Gasteiger partial charge in [0, 0.05) is 0 Å². The van der Waals surface area contributed by atoms with Crippen LogP contribution in [-0.4, -0.2) is 31.9 Å². The molecule has 0 radical (unpaired) electrons. The van der Waals surface area contributed by atoms with Gasteiger partial charge in [0.25, 0.3) is 10.1 Å². The van der Waals surface area contributed by atoms with Crippen molar-refractivity contribution in [1.29, 1.82) is 0 Å². The van der Waals surface area contributed by atoms with Crippen molar-refractivity contribution in [2.75, 3.05) is 6.26 Å². The minimum atomic E-state index is -3.49. The lowest BCUT2D eigenvalue weighted by molar-refractivity contribution is -0.139. The lowest BCUT2D eigenvalue weighted by atomic mass is 9.84. The Morgan fingerprint density at radius 1 is 1.40 bits per heavy atom. The normalized spacial score (nSPS) is 27.5. The van der Waals surface area contributed by atoms with Gasteiger partial charge in [-0.3, -0.25) is 8.98 Å². The van der Waals surface area contributed by atoms with Crippen LogP contribution in [0.25, 0.3) is 0 Å². The molecule has 1 N–H and O–H groups in total. The molecule has 0 bridgehead atoms. The van der Waals surface area contributed by atoms with Crippen LogP contribution in [-0.2, 0) is 19.1 Å². The first-order valence-electron chi connectivity index (χ1n) is 4.98. The molecule has 2 unspecified atom stereocenters. The first kappa shape index (κ1) is 12.4. The number of hydrogen-bond acceptors (Lipinski definition) is 4. The average Bonchev–Trinajstić information content (AvgIpc) is 2.05. The number of carboxylic acids is 1. The second-order valence-electron chi connectivity index (χ2n) is 3.98. The molecule has 1 aliphatic carbocycles. The maximum atomic E-state index is 11.0.